The maximum absolute atomic E-state index is 13.3. The predicted octanol–water partition coefficient (Wildman–Crippen LogP) is 5.57. The van der Waals surface area contributed by atoms with Crippen LogP contribution in [0.5, 0.6) is 5.75 Å². The van der Waals surface area contributed by atoms with Crippen molar-refractivity contribution in [2.24, 2.45) is 0 Å². The summed E-state index contributed by atoms with van der Waals surface area (Å²) in [5.41, 5.74) is 1.93. The molecule has 0 unspecified atom stereocenters. The number of nitrogens with zero attached hydrogens (tertiary/aromatic N) is 1. The highest BCUT2D eigenvalue weighted by molar-refractivity contribution is 5.89. The molecule has 1 heterocycles. The van der Waals surface area contributed by atoms with Gasteiger partial charge >= 0.3 is 6.03 Å². The number of fused-ring (bicyclic) bond motifs is 1. The van der Waals surface area contributed by atoms with Gasteiger partial charge in [-0.1, -0.05) is 24.3 Å². The lowest BCUT2D eigenvalue weighted by molar-refractivity contribution is 0.206. The molecule has 33 heavy (non-hydrogen) atoms. The summed E-state index contributed by atoms with van der Waals surface area (Å²) in [7, 11) is 0. The molecule has 0 radical (unpaired) electrons. The van der Waals surface area contributed by atoms with Gasteiger partial charge in [0, 0.05) is 12.2 Å². The summed E-state index contributed by atoms with van der Waals surface area (Å²) >= 11 is 0. The first-order valence-electron chi connectivity index (χ1n) is 10.6. The number of amides is 2. The van der Waals surface area contributed by atoms with Gasteiger partial charge in [-0.3, -0.25) is 4.79 Å². The van der Waals surface area contributed by atoms with E-state index in [1.165, 1.54) is 23.3 Å². The van der Waals surface area contributed by atoms with Crippen LogP contribution in [0.1, 0.15) is 18.1 Å². The quantitative estimate of drug-likeness (QED) is 0.403. The van der Waals surface area contributed by atoms with Crippen molar-refractivity contribution in [3.63, 3.8) is 0 Å². The van der Waals surface area contributed by atoms with Gasteiger partial charge in [-0.15, -0.1) is 0 Å². The first kappa shape index (κ1) is 22.1. The molecule has 0 bridgehead atoms. The molecule has 1 N–H and O–H groups in total. The molecule has 0 aliphatic heterocycles. The van der Waals surface area contributed by atoms with Crippen molar-refractivity contribution in [2.45, 2.75) is 20.0 Å². The van der Waals surface area contributed by atoms with E-state index in [0.29, 0.717) is 34.6 Å². The fourth-order valence-electron chi connectivity index (χ4n) is 3.45. The molecular formula is C26H23FN2O4. The third-order valence-electron chi connectivity index (χ3n) is 5.10. The predicted molar refractivity (Wildman–Crippen MR) is 125 cm³/mol. The Kier molecular flexibility index (Phi) is 6.69. The van der Waals surface area contributed by atoms with Crippen LogP contribution in [-0.4, -0.2) is 17.5 Å². The number of rotatable bonds is 7. The summed E-state index contributed by atoms with van der Waals surface area (Å²) in [4.78, 5) is 27.6. The molecule has 0 saturated heterocycles. The highest BCUT2D eigenvalue weighted by Crippen LogP contribution is 2.18. The number of nitrogens with one attached hydrogen (secondary N) is 1. The van der Waals surface area contributed by atoms with Crippen molar-refractivity contribution in [1.82, 2.24) is 4.90 Å². The van der Waals surface area contributed by atoms with Crippen molar-refractivity contribution in [2.75, 3.05) is 11.9 Å². The Balaban J connectivity index is 1.60. The number of halogens is 1. The second-order valence-corrected chi connectivity index (χ2v) is 7.46. The third-order valence-corrected chi connectivity index (χ3v) is 5.10. The number of carbonyl (C=O) groups excluding carboxylic acids is 1. The smallest absolute Gasteiger partial charge is 0.322 e. The minimum Gasteiger partial charge on any atom is -0.494 e. The molecule has 4 aromatic rings. The van der Waals surface area contributed by atoms with E-state index in [1.54, 1.807) is 60.7 Å². The van der Waals surface area contributed by atoms with E-state index in [9.17, 15) is 14.0 Å². The van der Waals surface area contributed by atoms with Gasteiger partial charge in [0.2, 0.25) is 0 Å². The SMILES string of the molecule is CCOc1ccc(NC(=O)N(Cc2ccc(F)cc2)Cc2coc3ccccc3c2=O)cc1. The van der Waals surface area contributed by atoms with Crippen LogP contribution in [-0.2, 0) is 13.1 Å². The largest absolute Gasteiger partial charge is 0.494 e. The number of carbonyl (C=O) groups is 1. The van der Waals surface area contributed by atoms with E-state index in [4.69, 9.17) is 9.15 Å². The standard InChI is InChI=1S/C26H23FN2O4/c1-2-32-22-13-11-21(12-14-22)28-26(31)29(15-18-7-9-20(27)10-8-18)16-19-17-33-24-6-4-3-5-23(24)25(19)30/h3-14,17H,2,15-16H2,1H3,(H,28,31). The maximum atomic E-state index is 13.3. The molecule has 0 atom stereocenters. The lowest BCUT2D eigenvalue weighted by Crippen LogP contribution is -2.35. The van der Waals surface area contributed by atoms with Gasteiger partial charge in [0.05, 0.1) is 30.4 Å². The fraction of sp³-hybridized carbons (Fsp3) is 0.154. The number of hydrogen-bond donors (Lipinski definition) is 1. The Hall–Kier alpha value is -4.13. The molecule has 3 aromatic carbocycles. The Morgan fingerprint density at radius 1 is 1.00 bits per heavy atom. The van der Waals surface area contributed by atoms with Crippen molar-refractivity contribution in [1.29, 1.82) is 0 Å². The van der Waals surface area contributed by atoms with Crippen LogP contribution in [0.2, 0.25) is 0 Å². The minimum absolute atomic E-state index is 0.0212. The van der Waals surface area contributed by atoms with Crippen LogP contribution in [0.4, 0.5) is 14.9 Å². The van der Waals surface area contributed by atoms with Crippen LogP contribution in [0, 0.1) is 5.82 Å². The molecule has 1 aromatic heterocycles. The minimum atomic E-state index is -0.406. The zero-order valence-electron chi connectivity index (χ0n) is 18.1. The zero-order valence-corrected chi connectivity index (χ0v) is 18.1. The first-order valence-corrected chi connectivity index (χ1v) is 10.6. The molecule has 0 saturated carbocycles. The van der Waals surface area contributed by atoms with Gasteiger partial charge in [0.15, 0.2) is 5.43 Å². The van der Waals surface area contributed by atoms with Gasteiger partial charge in [0.1, 0.15) is 17.1 Å². The summed E-state index contributed by atoms with van der Waals surface area (Å²) in [5, 5.41) is 3.29. The molecule has 0 fully saturated rings. The zero-order chi connectivity index (χ0) is 23.2. The molecule has 2 amide bonds. The lowest BCUT2D eigenvalue weighted by Gasteiger charge is -2.23. The average molecular weight is 446 g/mol. The number of anilines is 1. The molecule has 0 spiro atoms. The Morgan fingerprint density at radius 2 is 1.73 bits per heavy atom. The Morgan fingerprint density at radius 3 is 2.45 bits per heavy atom. The topological polar surface area (TPSA) is 71.8 Å². The van der Waals surface area contributed by atoms with Crippen molar-refractivity contribution in [3.05, 3.63) is 106 Å². The molecule has 168 valence electrons. The summed E-state index contributed by atoms with van der Waals surface area (Å²) in [5.74, 6) is 0.340. The second kappa shape index (κ2) is 9.99. The summed E-state index contributed by atoms with van der Waals surface area (Å²) in [6, 6.07) is 19.4. The molecule has 7 heteroatoms. The van der Waals surface area contributed by atoms with Crippen LogP contribution in [0.25, 0.3) is 11.0 Å². The highest BCUT2D eigenvalue weighted by atomic mass is 19.1. The van der Waals surface area contributed by atoms with Gasteiger partial charge in [-0.05, 0) is 61.0 Å². The molecular weight excluding hydrogens is 423 g/mol. The van der Waals surface area contributed by atoms with E-state index < -0.39 is 6.03 Å². The summed E-state index contributed by atoms with van der Waals surface area (Å²) in [6.45, 7) is 2.64. The first-order chi connectivity index (χ1) is 16.0. The normalized spacial score (nSPS) is 10.7. The van der Waals surface area contributed by atoms with Crippen molar-refractivity contribution < 1.29 is 18.3 Å². The highest BCUT2D eigenvalue weighted by Gasteiger charge is 2.18. The van der Waals surface area contributed by atoms with E-state index >= 15 is 0 Å². The Labute approximate surface area is 190 Å². The fourth-order valence-corrected chi connectivity index (χ4v) is 3.45. The van der Waals surface area contributed by atoms with Crippen LogP contribution < -0.4 is 15.5 Å². The summed E-state index contributed by atoms with van der Waals surface area (Å²) in [6.07, 6.45) is 1.38. The second-order valence-electron chi connectivity index (χ2n) is 7.46. The van der Waals surface area contributed by atoms with E-state index in [0.717, 1.165) is 5.56 Å². The number of hydrogen-bond acceptors (Lipinski definition) is 4. The molecule has 4 rings (SSSR count). The molecule has 0 aliphatic carbocycles. The van der Waals surface area contributed by atoms with Gasteiger partial charge in [-0.25, -0.2) is 9.18 Å². The van der Waals surface area contributed by atoms with Gasteiger partial charge < -0.3 is 19.4 Å². The van der Waals surface area contributed by atoms with E-state index in [1.807, 2.05) is 6.92 Å². The lowest BCUT2D eigenvalue weighted by atomic mass is 10.1. The van der Waals surface area contributed by atoms with Crippen LogP contribution in [0.15, 0.2) is 88.3 Å². The number of ether oxygens (including phenoxy) is 1. The van der Waals surface area contributed by atoms with Crippen molar-refractivity contribution >= 4 is 22.7 Å². The molecule has 6 nitrogen and oxygen atoms in total. The average Bonchev–Trinajstić information content (AvgIpc) is 2.83. The maximum Gasteiger partial charge on any atom is 0.322 e. The monoisotopic (exact) mass is 446 g/mol. The third kappa shape index (κ3) is 5.38. The number of benzene rings is 3. The van der Waals surface area contributed by atoms with E-state index in [2.05, 4.69) is 5.32 Å². The number of para-hydroxylation sites is 1. The van der Waals surface area contributed by atoms with Crippen LogP contribution in [0.3, 0.4) is 0 Å². The van der Waals surface area contributed by atoms with E-state index in [-0.39, 0.29) is 24.3 Å². The van der Waals surface area contributed by atoms with Crippen LogP contribution >= 0.6 is 0 Å². The molecule has 0 aliphatic rings. The van der Waals surface area contributed by atoms with Gasteiger partial charge in [0.25, 0.3) is 0 Å². The Bertz CT molecular complexity index is 1300. The summed E-state index contributed by atoms with van der Waals surface area (Å²) < 4.78 is 24.4. The van der Waals surface area contributed by atoms with Crippen molar-refractivity contribution in [3.8, 4) is 5.75 Å². The van der Waals surface area contributed by atoms with Gasteiger partial charge in [-0.2, -0.15) is 0 Å². The number of urea groups is 1.